The molecule has 0 N–H and O–H groups in total. The van der Waals surface area contributed by atoms with Crippen molar-refractivity contribution in [2.24, 2.45) is 0 Å². The standard InChI is InChI=1S/C20H23F3N2O4S/c1-28-19-6-5-17(14-18(19)25-11-9-24(8-7-21)10-12-25)30(26,27)16-4-2-3-15(13-16)29-20(22)23/h2-6,13-14,20H,7-12H2,1H3/i21-1. The van der Waals surface area contributed by atoms with Crippen LogP contribution in [0.3, 0.4) is 0 Å². The summed E-state index contributed by atoms with van der Waals surface area (Å²) in [6, 6.07) is 9.50. The number of hydrogen-bond donors (Lipinski definition) is 0. The van der Waals surface area contributed by atoms with Gasteiger partial charge in [-0.2, -0.15) is 8.78 Å². The fourth-order valence-corrected chi connectivity index (χ4v) is 4.68. The number of alkyl halides is 3. The number of benzene rings is 2. The number of nitrogens with zero attached hydrogens (tertiary/aromatic N) is 2. The molecule has 2 aromatic rings. The van der Waals surface area contributed by atoms with Gasteiger partial charge in [0.2, 0.25) is 9.84 Å². The van der Waals surface area contributed by atoms with Crippen LogP contribution in [-0.4, -0.2) is 66.4 Å². The van der Waals surface area contributed by atoms with E-state index in [1.54, 1.807) is 6.07 Å². The van der Waals surface area contributed by atoms with Crippen molar-refractivity contribution in [2.75, 3.05) is 51.4 Å². The van der Waals surface area contributed by atoms with Gasteiger partial charge in [-0.15, -0.1) is 0 Å². The van der Waals surface area contributed by atoms with Crippen LogP contribution in [0.2, 0.25) is 0 Å². The van der Waals surface area contributed by atoms with Crippen LogP contribution in [0.15, 0.2) is 52.3 Å². The average molecular weight is 443 g/mol. The maximum Gasteiger partial charge on any atom is 0.387 e. The van der Waals surface area contributed by atoms with Crippen LogP contribution in [0.5, 0.6) is 11.5 Å². The van der Waals surface area contributed by atoms with Crippen molar-refractivity contribution in [1.82, 2.24) is 4.90 Å². The summed E-state index contributed by atoms with van der Waals surface area (Å²) in [5.74, 6) is 0.284. The fraction of sp³-hybridized carbons (Fsp3) is 0.400. The Morgan fingerprint density at radius 2 is 1.73 bits per heavy atom. The van der Waals surface area contributed by atoms with Crippen molar-refractivity contribution in [3.63, 3.8) is 0 Å². The molecule has 10 heteroatoms. The Kier molecular flexibility index (Phi) is 7.09. The van der Waals surface area contributed by atoms with Gasteiger partial charge in [-0.05, 0) is 36.4 Å². The Labute approximate surface area is 173 Å². The molecule has 0 amide bonds. The Morgan fingerprint density at radius 3 is 2.37 bits per heavy atom. The Morgan fingerprint density at radius 1 is 1.03 bits per heavy atom. The SMILES string of the molecule is COc1ccc(S(=O)(=O)c2cccc(OC(F)F)c2)cc1N1CCN(CC[18F])CC1. The van der Waals surface area contributed by atoms with Crippen LogP contribution >= 0.6 is 0 Å². The van der Waals surface area contributed by atoms with Crippen LogP contribution < -0.4 is 14.4 Å². The topological polar surface area (TPSA) is 59.1 Å². The normalized spacial score (nSPS) is 15.4. The van der Waals surface area contributed by atoms with E-state index in [2.05, 4.69) is 4.74 Å². The van der Waals surface area contributed by atoms with Gasteiger partial charge in [0.05, 0.1) is 22.6 Å². The lowest BCUT2D eigenvalue weighted by molar-refractivity contribution is -0.0499. The molecule has 2 aromatic carbocycles. The van der Waals surface area contributed by atoms with Crippen molar-refractivity contribution in [1.29, 1.82) is 0 Å². The fourth-order valence-electron chi connectivity index (χ4n) is 3.37. The van der Waals surface area contributed by atoms with Crippen LogP contribution in [-0.2, 0) is 9.84 Å². The maximum atomic E-state index is 13.1. The molecule has 164 valence electrons. The lowest BCUT2D eigenvalue weighted by atomic mass is 10.2. The molecule has 0 saturated carbocycles. The molecule has 0 aromatic heterocycles. The van der Waals surface area contributed by atoms with Crippen molar-refractivity contribution < 1.29 is 31.1 Å². The Bertz CT molecular complexity index is 964. The maximum absolute atomic E-state index is 13.1. The summed E-state index contributed by atoms with van der Waals surface area (Å²) < 4.78 is 73.4. The summed E-state index contributed by atoms with van der Waals surface area (Å²) in [7, 11) is -2.47. The molecule has 1 saturated heterocycles. The van der Waals surface area contributed by atoms with Gasteiger partial charge in [-0.25, -0.2) is 12.8 Å². The van der Waals surface area contributed by atoms with E-state index in [1.165, 1.54) is 37.4 Å². The highest BCUT2D eigenvalue weighted by Crippen LogP contribution is 2.34. The van der Waals surface area contributed by atoms with Gasteiger partial charge in [-0.3, -0.25) is 4.90 Å². The molecule has 1 aliphatic heterocycles. The van der Waals surface area contributed by atoms with E-state index in [0.717, 1.165) is 6.07 Å². The molecule has 30 heavy (non-hydrogen) atoms. The van der Waals surface area contributed by atoms with Gasteiger partial charge in [0.1, 0.15) is 18.2 Å². The number of sulfone groups is 1. The third-order valence-electron chi connectivity index (χ3n) is 4.92. The van der Waals surface area contributed by atoms with Crippen LogP contribution in [0.1, 0.15) is 0 Å². The first-order valence-corrected chi connectivity index (χ1v) is 10.8. The number of rotatable bonds is 8. The third-order valence-corrected chi connectivity index (χ3v) is 6.66. The third kappa shape index (κ3) is 4.99. The minimum absolute atomic E-state index is 0.0127. The van der Waals surface area contributed by atoms with Gasteiger partial charge in [0, 0.05) is 32.7 Å². The summed E-state index contributed by atoms with van der Waals surface area (Å²) in [4.78, 5) is 3.85. The molecular formula is C20H23F3N2O4S. The lowest BCUT2D eigenvalue weighted by Crippen LogP contribution is -2.47. The predicted molar refractivity (Wildman–Crippen MR) is 106 cm³/mol. The number of anilines is 1. The van der Waals surface area contributed by atoms with Crippen LogP contribution in [0.4, 0.5) is 18.9 Å². The molecule has 0 atom stereocenters. The zero-order valence-electron chi connectivity index (χ0n) is 16.4. The smallest absolute Gasteiger partial charge is 0.387 e. The van der Waals surface area contributed by atoms with E-state index < -0.39 is 23.1 Å². The zero-order valence-corrected chi connectivity index (χ0v) is 17.2. The average Bonchev–Trinajstić information content (AvgIpc) is 2.74. The highest BCUT2D eigenvalue weighted by atomic mass is 32.2. The van der Waals surface area contributed by atoms with E-state index in [9.17, 15) is 21.6 Å². The number of methoxy groups -OCH3 is 1. The molecule has 1 fully saturated rings. The molecule has 0 radical (unpaired) electrons. The van der Waals surface area contributed by atoms with E-state index in [4.69, 9.17) is 4.74 Å². The monoisotopic (exact) mass is 443 g/mol. The van der Waals surface area contributed by atoms with Crippen molar-refractivity contribution in [3.05, 3.63) is 42.5 Å². The van der Waals surface area contributed by atoms with Crippen molar-refractivity contribution >= 4 is 15.5 Å². The van der Waals surface area contributed by atoms with Gasteiger partial charge in [0.15, 0.2) is 0 Å². The summed E-state index contributed by atoms with van der Waals surface area (Å²) in [6.07, 6.45) is 0. The first-order chi connectivity index (χ1) is 14.3. The number of piperazine rings is 1. The lowest BCUT2D eigenvalue weighted by Gasteiger charge is -2.36. The van der Waals surface area contributed by atoms with Gasteiger partial charge in [0.25, 0.3) is 0 Å². The summed E-state index contributed by atoms with van der Waals surface area (Å²) >= 11 is 0. The largest absolute Gasteiger partial charge is 0.495 e. The van der Waals surface area contributed by atoms with Gasteiger partial charge >= 0.3 is 6.61 Å². The Hall–Kier alpha value is -2.46. The summed E-state index contributed by atoms with van der Waals surface area (Å²) in [5, 5.41) is 0. The van der Waals surface area contributed by atoms with Crippen molar-refractivity contribution in [2.45, 2.75) is 16.4 Å². The second kappa shape index (κ2) is 9.57. The van der Waals surface area contributed by atoms with E-state index in [1.807, 2.05) is 9.80 Å². The molecule has 1 heterocycles. The van der Waals surface area contributed by atoms with E-state index >= 15 is 0 Å². The number of hydrogen-bond acceptors (Lipinski definition) is 6. The molecule has 3 rings (SSSR count). The number of halogens is 3. The van der Waals surface area contributed by atoms with Gasteiger partial charge in [-0.1, -0.05) is 6.07 Å². The predicted octanol–water partition coefficient (Wildman–Crippen LogP) is 3.22. The number of ether oxygens (including phenoxy) is 2. The molecule has 1 aliphatic rings. The van der Waals surface area contributed by atoms with Gasteiger partial charge < -0.3 is 14.4 Å². The first kappa shape index (κ1) is 22.2. The van der Waals surface area contributed by atoms with E-state index in [0.29, 0.717) is 44.2 Å². The highest BCUT2D eigenvalue weighted by Gasteiger charge is 2.24. The zero-order chi connectivity index (χ0) is 21.7. The minimum atomic E-state index is -3.97. The molecule has 6 nitrogen and oxygen atoms in total. The second-order valence-corrected chi connectivity index (χ2v) is 8.66. The molecule has 0 unspecified atom stereocenters. The minimum Gasteiger partial charge on any atom is -0.495 e. The first-order valence-electron chi connectivity index (χ1n) is 9.36. The molecule has 0 bridgehead atoms. The van der Waals surface area contributed by atoms with Crippen molar-refractivity contribution in [3.8, 4) is 11.5 Å². The Balaban J connectivity index is 1.90. The molecule has 0 aliphatic carbocycles. The second-order valence-electron chi connectivity index (χ2n) is 6.71. The summed E-state index contributed by atoms with van der Waals surface area (Å²) in [6.45, 7) is -0.600. The summed E-state index contributed by atoms with van der Waals surface area (Å²) in [5.41, 5.74) is 0.610. The quantitative estimate of drug-likeness (QED) is 0.625. The molecule has 0 spiro atoms. The van der Waals surface area contributed by atoms with Crippen LogP contribution in [0.25, 0.3) is 0 Å². The highest BCUT2D eigenvalue weighted by molar-refractivity contribution is 7.91. The molecular weight excluding hydrogens is 420 g/mol. The van der Waals surface area contributed by atoms with Crippen LogP contribution in [0, 0.1) is 0 Å². The van der Waals surface area contributed by atoms with E-state index in [-0.39, 0.29) is 15.5 Å².